The molecule has 0 radical (unpaired) electrons. The van der Waals surface area contributed by atoms with Crippen LogP contribution in [0.4, 0.5) is 11.4 Å². The SMILES string of the molecule is CCc1ccc(NC(=O)c2ccc(Br)cc2)cc1[N+](=O)[O-]. The molecule has 1 amide bonds. The van der Waals surface area contributed by atoms with Crippen molar-refractivity contribution in [3.8, 4) is 0 Å². The standard InChI is InChI=1S/C15H13BrN2O3/c1-2-10-5-8-13(9-14(10)18(20)21)17-15(19)11-3-6-12(16)7-4-11/h3-9H,2H2,1H3,(H,17,19). The quantitative estimate of drug-likeness (QED) is 0.665. The van der Waals surface area contributed by atoms with Gasteiger partial charge < -0.3 is 5.32 Å². The molecule has 0 unspecified atom stereocenters. The number of carbonyl (C=O) groups is 1. The maximum absolute atomic E-state index is 12.1. The van der Waals surface area contributed by atoms with Crippen LogP contribution in [-0.2, 0) is 6.42 Å². The number of halogens is 1. The summed E-state index contributed by atoms with van der Waals surface area (Å²) >= 11 is 3.30. The summed E-state index contributed by atoms with van der Waals surface area (Å²) in [6, 6.07) is 11.6. The molecule has 0 saturated heterocycles. The number of rotatable bonds is 4. The van der Waals surface area contributed by atoms with Gasteiger partial charge in [-0.05, 0) is 36.8 Å². The minimum Gasteiger partial charge on any atom is -0.322 e. The highest BCUT2D eigenvalue weighted by atomic mass is 79.9. The third-order valence-electron chi connectivity index (χ3n) is 3.03. The van der Waals surface area contributed by atoms with E-state index >= 15 is 0 Å². The van der Waals surface area contributed by atoms with E-state index in [9.17, 15) is 14.9 Å². The van der Waals surface area contributed by atoms with Crippen molar-refractivity contribution in [1.29, 1.82) is 0 Å². The van der Waals surface area contributed by atoms with E-state index in [0.717, 1.165) is 4.47 Å². The van der Waals surface area contributed by atoms with Crippen LogP contribution in [0.5, 0.6) is 0 Å². The Morgan fingerprint density at radius 1 is 1.24 bits per heavy atom. The fraction of sp³-hybridized carbons (Fsp3) is 0.133. The van der Waals surface area contributed by atoms with Gasteiger partial charge in [-0.1, -0.05) is 28.9 Å². The summed E-state index contributed by atoms with van der Waals surface area (Å²) in [7, 11) is 0. The van der Waals surface area contributed by atoms with Crippen LogP contribution in [0.25, 0.3) is 0 Å². The highest BCUT2D eigenvalue weighted by Gasteiger charge is 2.14. The summed E-state index contributed by atoms with van der Waals surface area (Å²) in [6.45, 7) is 1.85. The first-order valence-corrected chi connectivity index (χ1v) is 7.14. The topological polar surface area (TPSA) is 72.2 Å². The molecule has 0 spiro atoms. The number of benzene rings is 2. The first-order chi connectivity index (χ1) is 10.0. The molecule has 21 heavy (non-hydrogen) atoms. The van der Waals surface area contributed by atoms with Gasteiger partial charge in [0.1, 0.15) is 0 Å². The number of carbonyl (C=O) groups excluding carboxylic acids is 1. The number of hydrogen-bond donors (Lipinski definition) is 1. The van der Waals surface area contributed by atoms with E-state index in [1.54, 1.807) is 36.4 Å². The van der Waals surface area contributed by atoms with Crippen LogP contribution >= 0.6 is 15.9 Å². The van der Waals surface area contributed by atoms with E-state index in [0.29, 0.717) is 23.2 Å². The number of hydrogen-bond acceptors (Lipinski definition) is 3. The molecular formula is C15H13BrN2O3. The maximum atomic E-state index is 12.1. The molecule has 0 fully saturated rings. The van der Waals surface area contributed by atoms with E-state index in [2.05, 4.69) is 21.2 Å². The fourth-order valence-electron chi connectivity index (χ4n) is 1.92. The molecule has 5 nitrogen and oxygen atoms in total. The highest BCUT2D eigenvalue weighted by Crippen LogP contribution is 2.24. The van der Waals surface area contributed by atoms with Gasteiger partial charge in [0.05, 0.1) is 4.92 Å². The molecule has 0 heterocycles. The van der Waals surface area contributed by atoms with E-state index in [1.807, 2.05) is 6.92 Å². The zero-order valence-electron chi connectivity index (χ0n) is 11.3. The summed E-state index contributed by atoms with van der Waals surface area (Å²) in [6.07, 6.45) is 0.567. The summed E-state index contributed by atoms with van der Waals surface area (Å²) in [5.74, 6) is -0.305. The van der Waals surface area contributed by atoms with E-state index < -0.39 is 4.92 Å². The second kappa shape index (κ2) is 6.49. The van der Waals surface area contributed by atoms with E-state index in [1.165, 1.54) is 6.07 Å². The Morgan fingerprint density at radius 2 is 1.90 bits per heavy atom. The van der Waals surface area contributed by atoms with Crippen molar-refractivity contribution in [2.24, 2.45) is 0 Å². The van der Waals surface area contributed by atoms with Crippen molar-refractivity contribution >= 4 is 33.2 Å². The summed E-state index contributed by atoms with van der Waals surface area (Å²) in [5, 5.41) is 13.7. The molecule has 6 heteroatoms. The van der Waals surface area contributed by atoms with Crippen molar-refractivity contribution in [3.05, 3.63) is 68.2 Å². The second-order valence-electron chi connectivity index (χ2n) is 4.42. The van der Waals surface area contributed by atoms with Crippen LogP contribution in [-0.4, -0.2) is 10.8 Å². The molecule has 0 bridgehead atoms. The number of nitrogens with one attached hydrogen (secondary N) is 1. The smallest absolute Gasteiger partial charge is 0.274 e. The Labute approximate surface area is 130 Å². The molecule has 2 rings (SSSR count). The number of nitrogens with zero attached hydrogens (tertiary/aromatic N) is 1. The van der Waals surface area contributed by atoms with Crippen molar-refractivity contribution in [1.82, 2.24) is 0 Å². The van der Waals surface area contributed by atoms with Gasteiger partial charge in [-0.3, -0.25) is 14.9 Å². The van der Waals surface area contributed by atoms with Crippen LogP contribution in [0.1, 0.15) is 22.8 Å². The number of nitro groups is 1. The predicted molar refractivity (Wildman–Crippen MR) is 84.6 cm³/mol. The molecule has 0 saturated carbocycles. The van der Waals surface area contributed by atoms with Gasteiger partial charge in [0, 0.05) is 27.4 Å². The normalized spacial score (nSPS) is 10.2. The van der Waals surface area contributed by atoms with Crippen molar-refractivity contribution < 1.29 is 9.72 Å². The van der Waals surface area contributed by atoms with Gasteiger partial charge in [-0.25, -0.2) is 0 Å². The third kappa shape index (κ3) is 3.66. The van der Waals surface area contributed by atoms with Crippen molar-refractivity contribution in [2.75, 3.05) is 5.32 Å². The molecule has 1 N–H and O–H groups in total. The minimum atomic E-state index is -0.436. The van der Waals surface area contributed by atoms with Crippen LogP contribution in [0.3, 0.4) is 0 Å². The van der Waals surface area contributed by atoms with E-state index in [4.69, 9.17) is 0 Å². The lowest BCUT2D eigenvalue weighted by Gasteiger charge is -2.07. The van der Waals surface area contributed by atoms with Gasteiger partial charge >= 0.3 is 0 Å². The molecule has 0 aliphatic rings. The largest absolute Gasteiger partial charge is 0.322 e. The fourth-order valence-corrected chi connectivity index (χ4v) is 2.18. The second-order valence-corrected chi connectivity index (χ2v) is 5.33. The summed E-state index contributed by atoms with van der Waals surface area (Å²) < 4.78 is 0.877. The van der Waals surface area contributed by atoms with Crippen LogP contribution in [0.15, 0.2) is 46.9 Å². The molecule has 0 aromatic heterocycles. The minimum absolute atomic E-state index is 0.0195. The molecule has 0 atom stereocenters. The molecular weight excluding hydrogens is 336 g/mol. The molecule has 2 aromatic rings. The Balaban J connectivity index is 2.23. The Hall–Kier alpha value is -2.21. The Kier molecular flexibility index (Phi) is 4.70. The van der Waals surface area contributed by atoms with Crippen LogP contribution in [0, 0.1) is 10.1 Å². The Morgan fingerprint density at radius 3 is 2.48 bits per heavy atom. The number of aryl methyl sites for hydroxylation is 1. The average Bonchev–Trinajstić information content (AvgIpc) is 2.47. The number of anilines is 1. The van der Waals surface area contributed by atoms with Gasteiger partial charge in [-0.2, -0.15) is 0 Å². The lowest BCUT2D eigenvalue weighted by atomic mass is 10.1. The first-order valence-electron chi connectivity index (χ1n) is 6.35. The zero-order valence-corrected chi connectivity index (χ0v) is 12.9. The van der Waals surface area contributed by atoms with Gasteiger partial charge in [0.15, 0.2) is 0 Å². The summed E-state index contributed by atoms with van der Waals surface area (Å²) in [4.78, 5) is 22.6. The van der Waals surface area contributed by atoms with Crippen molar-refractivity contribution in [3.63, 3.8) is 0 Å². The van der Waals surface area contributed by atoms with Gasteiger partial charge in [0.25, 0.3) is 11.6 Å². The monoisotopic (exact) mass is 348 g/mol. The van der Waals surface area contributed by atoms with Gasteiger partial charge in [-0.15, -0.1) is 0 Å². The number of amides is 1. The number of nitro benzene ring substituents is 1. The van der Waals surface area contributed by atoms with Crippen LogP contribution in [0.2, 0.25) is 0 Å². The first kappa shape index (κ1) is 15.2. The zero-order chi connectivity index (χ0) is 15.4. The van der Waals surface area contributed by atoms with Crippen LogP contribution < -0.4 is 5.32 Å². The van der Waals surface area contributed by atoms with E-state index in [-0.39, 0.29) is 11.6 Å². The highest BCUT2D eigenvalue weighted by molar-refractivity contribution is 9.10. The predicted octanol–water partition coefficient (Wildman–Crippen LogP) is 4.17. The molecule has 2 aromatic carbocycles. The van der Waals surface area contributed by atoms with Gasteiger partial charge in [0.2, 0.25) is 0 Å². The average molecular weight is 349 g/mol. The maximum Gasteiger partial charge on any atom is 0.274 e. The summed E-state index contributed by atoms with van der Waals surface area (Å²) in [5.41, 5.74) is 1.56. The third-order valence-corrected chi connectivity index (χ3v) is 3.56. The van der Waals surface area contributed by atoms with Crippen molar-refractivity contribution in [2.45, 2.75) is 13.3 Å². The Bertz CT molecular complexity index is 684. The lowest BCUT2D eigenvalue weighted by Crippen LogP contribution is -2.12. The molecule has 108 valence electrons. The molecule has 0 aliphatic carbocycles. The molecule has 0 aliphatic heterocycles. The lowest BCUT2D eigenvalue weighted by molar-refractivity contribution is -0.385.